The molecule has 0 radical (unpaired) electrons. The van der Waals surface area contributed by atoms with Crippen LogP contribution >= 0.6 is 0 Å². The van der Waals surface area contributed by atoms with Gasteiger partial charge in [0, 0.05) is 25.6 Å². The Morgan fingerprint density at radius 3 is 2.85 bits per heavy atom. The minimum Gasteiger partial charge on any atom is -0.371 e. The number of aryl methyl sites for hydroxylation is 1. The highest BCUT2D eigenvalue weighted by Gasteiger charge is 2.37. The second-order valence-electron chi connectivity index (χ2n) is 5.72. The molecule has 1 saturated heterocycles. The molecule has 0 bridgehead atoms. The minimum atomic E-state index is 0.208. The van der Waals surface area contributed by atoms with Gasteiger partial charge in [-0.3, -0.25) is 0 Å². The summed E-state index contributed by atoms with van der Waals surface area (Å²) in [6.45, 7) is 5.82. The van der Waals surface area contributed by atoms with Gasteiger partial charge < -0.3 is 9.64 Å². The van der Waals surface area contributed by atoms with Crippen molar-refractivity contribution in [2.45, 2.75) is 45.3 Å². The van der Waals surface area contributed by atoms with E-state index in [1.807, 2.05) is 6.92 Å². The van der Waals surface area contributed by atoms with E-state index in [1.165, 1.54) is 12.8 Å². The quantitative estimate of drug-likeness (QED) is 0.841. The molecule has 0 aromatic carbocycles. The van der Waals surface area contributed by atoms with Gasteiger partial charge >= 0.3 is 0 Å². The van der Waals surface area contributed by atoms with Crippen molar-refractivity contribution in [1.82, 2.24) is 9.97 Å². The van der Waals surface area contributed by atoms with Gasteiger partial charge in [-0.25, -0.2) is 9.97 Å². The fourth-order valence-corrected chi connectivity index (χ4v) is 2.76. The molecule has 0 unspecified atom stereocenters. The van der Waals surface area contributed by atoms with Crippen molar-refractivity contribution in [3.05, 3.63) is 17.6 Å². The van der Waals surface area contributed by atoms with Gasteiger partial charge in [0.25, 0.3) is 0 Å². The number of morpholine rings is 1. The van der Waals surface area contributed by atoms with Crippen molar-refractivity contribution in [3.63, 3.8) is 0 Å². The largest absolute Gasteiger partial charge is 0.371 e. The fourth-order valence-electron chi connectivity index (χ4n) is 2.76. The predicted octanol–water partition coefficient (Wildman–Crippen LogP) is 1.91. The van der Waals surface area contributed by atoms with Crippen molar-refractivity contribution in [1.29, 1.82) is 5.26 Å². The molecule has 5 nitrogen and oxygen atoms in total. The molecule has 2 atom stereocenters. The zero-order valence-electron chi connectivity index (χ0n) is 12.0. The Morgan fingerprint density at radius 1 is 1.40 bits per heavy atom. The van der Waals surface area contributed by atoms with Gasteiger partial charge in [-0.2, -0.15) is 5.26 Å². The van der Waals surface area contributed by atoms with E-state index in [0.717, 1.165) is 31.2 Å². The van der Waals surface area contributed by atoms with Crippen molar-refractivity contribution in [2.24, 2.45) is 5.92 Å². The molecule has 20 heavy (non-hydrogen) atoms. The van der Waals surface area contributed by atoms with Crippen LogP contribution in [0.25, 0.3) is 0 Å². The molecule has 0 amide bonds. The molecule has 0 spiro atoms. The Balaban J connectivity index is 1.85. The number of nitriles is 1. The number of aromatic nitrogens is 2. The minimum absolute atomic E-state index is 0.208. The van der Waals surface area contributed by atoms with Crippen LogP contribution in [0.3, 0.4) is 0 Å². The topological polar surface area (TPSA) is 62.0 Å². The zero-order valence-corrected chi connectivity index (χ0v) is 12.0. The average molecular weight is 272 g/mol. The van der Waals surface area contributed by atoms with Crippen molar-refractivity contribution in [2.75, 3.05) is 18.0 Å². The summed E-state index contributed by atoms with van der Waals surface area (Å²) in [6.07, 6.45) is 3.82. The summed E-state index contributed by atoms with van der Waals surface area (Å²) in [5.41, 5.74) is 0.453. The highest BCUT2D eigenvalue weighted by Crippen LogP contribution is 2.37. The van der Waals surface area contributed by atoms with E-state index in [-0.39, 0.29) is 6.10 Å². The first-order chi connectivity index (χ1) is 9.69. The summed E-state index contributed by atoms with van der Waals surface area (Å²) in [6, 6.07) is 3.92. The maximum absolute atomic E-state index is 9.10. The lowest BCUT2D eigenvalue weighted by atomic mass is 10.1. The van der Waals surface area contributed by atoms with Gasteiger partial charge in [-0.05, 0) is 25.7 Å². The van der Waals surface area contributed by atoms with E-state index in [0.29, 0.717) is 17.7 Å². The van der Waals surface area contributed by atoms with Gasteiger partial charge in [-0.1, -0.05) is 6.92 Å². The smallest absolute Gasteiger partial charge is 0.146 e. The molecule has 2 fully saturated rings. The molecule has 2 heterocycles. The second kappa shape index (κ2) is 5.37. The molecule has 3 rings (SSSR count). The summed E-state index contributed by atoms with van der Waals surface area (Å²) in [4.78, 5) is 11.0. The number of rotatable bonds is 3. The molecular formula is C15H20N4O. The molecule has 0 N–H and O–H groups in total. The van der Waals surface area contributed by atoms with E-state index in [2.05, 4.69) is 27.9 Å². The molecule has 5 heteroatoms. The average Bonchev–Trinajstić information content (AvgIpc) is 3.30. The third-order valence-electron chi connectivity index (χ3n) is 3.95. The summed E-state index contributed by atoms with van der Waals surface area (Å²) in [7, 11) is 0. The summed E-state index contributed by atoms with van der Waals surface area (Å²) in [5.74, 6) is 2.32. The summed E-state index contributed by atoms with van der Waals surface area (Å²) >= 11 is 0. The molecular weight excluding hydrogens is 252 g/mol. The SMILES string of the molecule is CCc1nc(C#N)cc(N2C[C@@H](C3CC3)O[C@@H](C)C2)n1. The standard InChI is InChI=1S/C15H20N4O/c1-3-14-17-12(7-16)6-15(18-14)19-8-10(2)20-13(9-19)11-4-5-11/h6,10-11,13H,3-5,8-9H2,1-2H3/t10-,13-/m0/s1. The van der Waals surface area contributed by atoms with Crippen LogP contribution in [-0.4, -0.2) is 35.3 Å². The monoisotopic (exact) mass is 272 g/mol. The Morgan fingerprint density at radius 2 is 2.20 bits per heavy atom. The third-order valence-corrected chi connectivity index (χ3v) is 3.95. The van der Waals surface area contributed by atoms with Crippen LogP contribution in [0.2, 0.25) is 0 Å². The van der Waals surface area contributed by atoms with Gasteiger partial charge in [0.15, 0.2) is 0 Å². The molecule has 1 saturated carbocycles. The van der Waals surface area contributed by atoms with Crippen LogP contribution in [0.5, 0.6) is 0 Å². The lowest BCUT2D eigenvalue weighted by Gasteiger charge is -2.37. The van der Waals surface area contributed by atoms with Crippen molar-refractivity contribution in [3.8, 4) is 6.07 Å². The number of hydrogen-bond acceptors (Lipinski definition) is 5. The predicted molar refractivity (Wildman–Crippen MR) is 75.4 cm³/mol. The Bertz CT molecular complexity index is 535. The molecule has 106 valence electrons. The lowest BCUT2D eigenvalue weighted by Crippen LogP contribution is -2.48. The maximum atomic E-state index is 9.10. The molecule has 1 aliphatic carbocycles. The fraction of sp³-hybridized carbons (Fsp3) is 0.667. The van der Waals surface area contributed by atoms with Crippen LogP contribution in [-0.2, 0) is 11.2 Å². The van der Waals surface area contributed by atoms with Crippen LogP contribution < -0.4 is 4.90 Å². The van der Waals surface area contributed by atoms with E-state index in [9.17, 15) is 0 Å². The third kappa shape index (κ3) is 2.75. The molecule has 1 aromatic rings. The highest BCUT2D eigenvalue weighted by atomic mass is 16.5. The Labute approximate surface area is 119 Å². The van der Waals surface area contributed by atoms with Gasteiger partial charge in [0.2, 0.25) is 0 Å². The Kier molecular flexibility index (Phi) is 3.58. The van der Waals surface area contributed by atoms with Gasteiger partial charge in [-0.15, -0.1) is 0 Å². The van der Waals surface area contributed by atoms with E-state index in [1.54, 1.807) is 6.07 Å². The van der Waals surface area contributed by atoms with E-state index >= 15 is 0 Å². The first kappa shape index (κ1) is 13.3. The summed E-state index contributed by atoms with van der Waals surface area (Å²) in [5, 5.41) is 9.10. The first-order valence-electron chi connectivity index (χ1n) is 7.38. The van der Waals surface area contributed by atoms with Crippen molar-refractivity contribution < 1.29 is 4.74 Å². The molecule has 1 aliphatic heterocycles. The number of nitrogens with zero attached hydrogens (tertiary/aromatic N) is 4. The number of ether oxygens (including phenoxy) is 1. The summed E-state index contributed by atoms with van der Waals surface area (Å²) < 4.78 is 6.02. The van der Waals surface area contributed by atoms with Gasteiger partial charge in [0.1, 0.15) is 23.4 Å². The highest BCUT2D eigenvalue weighted by molar-refractivity contribution is 5.44. The normalized spacial score (nSPS) is 26.4. The lowest BCUT2D eigenvalue weighted by molar-refractivity contribution is -0.0273. The second-order valence-corrected chi connectivity index (χ2v) is 5.72. The zero-order chi connectivity index (χ0) is 14.1. The van der Waals surface area contributed by atoms with Crippen LogP contribution in [0.4, 0.5) is 5.82 Å². The van der Waals surface area contributed by atoms with E-state index in [4.69, 9.17) is 10.00 Å². The van der Waals surface area contributed by atoms with Crippen LogP contribution in [0, 0.1) is 17.2 Å². The number of hydrogen-bond donors (Lipinski definition) is 0. The van der Waals surface area contributed by atoms with Crippen LogP contribution in [0.15, 0.2) is 6.07 Å². The molecule has 1 aromatic heterocycles. The van der Waals surface area contributed by atoms with Crippen LogP contribution in [0.1, 0.15) is 38.2 Å². The first-order valence-corrected chi connectivity index (χ1v) is 7.38. The maximum Gasteiger partial charge on any atom is 0.146 e. The molecule has 2 aliphatic rings. The van der Waals surface area contributed by atoms with Gasteiger partial charge in [0.05, 0.1) is 12.2 Å². The van der Waals surface area contributed by atoms with E-state index < -0.39 is 0 Å². The van der Waals surface area contributed by atoms with Crippen molar-refractivity contribution >= 4 is 5.82 Å². The number of anilines is 1. The Hall–Kier alpha value is -1.67.